The zero-order valence-corrected chi connectivity index (χ0v) is 11.9. The molecule has 1 atom stereocenters. The second kappa shape index (κ2) is 6.59. The molecule has 0 aliphatic carbocycles. The lowest BCUT2D eigenvalue weighted by molar-refractivity contribution is -0.137. The van der Waals surface area contributed by atoms with Crippen molar-refractivity contribution < 1.29 is 9.53 Å². The molecule has 1 aromatic heterocycles. The summed E-state index contributed by atoms with van der Waals surface area (Å²) < 4.78 is 6.39. The summed E-state index contributed by atoms with van der Waals surface area (Å²) in [4.78, 5) is 17.7. The molecule has 0 N–H and O–H groups in total. The third-order valence-corrected chi connectivity index (χ3v) is 2.85. The fourth-order valence-corrected chi connectivity index (χ4v) is 1.85. The lowest BCUT2D eigenvalue weighted by Crippen LogP contribution is -2.40. The van der Waals surface area contributed by atoms with Crippen molar-refractivity contribution in [2.45, 2.75) is 26.9 Å². The SMILES string of the molecule is CCN(CC)C(=O)C(C)Oc1cncc(Br)c1. The molecule has 0 bridgehead atoms. The van der Waals surface area contributed by atoms with Crippen molar-refractivity contribution in [1.29, 1.82) is 0 Å². The third kappa shape index (κ3) is 4.00. The van der Waals surface area contributed by atoms with Gasteiger partial charge in [0.2, 0.25) is 0 Å². The number of hydrogen-bond acceptors (Lipinski definition) is 3. The fourth-order valence-electron chi connectivity index (χ4n) is 1.50. The van der Waals surface area contributed by atoms with Crippen molar-refractivity contribution in [2.75, 3.05) is 13.1 Å². The Labute approximate surface area is 110 Å². The van der Waals surface area contributed by atoms with Crippen LogP contribution in [0.5, 0.6) is 5.75 Å². The molecule has 0 aliphatic heterocycles. The molecule has 0 spiro atoms. The first-order chi connectivity index (χ1) is 8.08. The summed E-state index contributed by atoms with van der Waals surface area (Å²) >= 11 is 3.31. The highest BCUT2D eigenvalue weighted by atomic mass is 79.9. The van der Waals surface area contributed by atoms with Crippen LogP contribution >= 0.6 is 15.9 Å². The topological polar surface area (TPSA) is 42.4 Å². The van der Waals surface area contributed by atoms with E-state index in [0.29, 0.717) is 18.8 Å². The van der Waals surface area contributed by atoms with Gasteiger partial charge >= 0.3 is 0 Å². The average molecular weight is 301 g/mol. The molecule has 17 heavy (non-hydrogen) atoms. The van der Waals surface area contributed by atoms with Crippen LogP contribution in [-0.4, -0.2) is 35.0 Å². The van der Waals surface area contributed by atoms with Gasteiger partial charge in [0, 0.05) is 23.8 Å². The van der Waals surface area contributed by atoms with Crippen LogP contribution in [0.25, 0.3) is 0 Å². The van der Waals surface area contributed by atoms with E-state index in [1.165, 1.54) is 0 Å². The number of amides is 1. The zero-order chi connectivity index (χ0) is 12.8. The van der Waals surface area contributed by atoms with Crippen molar-refractivity contribution in [1.82, 2.24) is 9.88 Å². The number of aromatic nitrogens is 1. The average Bonchev–Trinajstić information content (AvgIpc) is 2.30. The molecule has 0 saturated carbocycles. The molecule has 1 heterocycles. The summed E-state index contributed by atoms with van der Waals surface area (Å²) in [5.41, 5.74) is 0. The highest BCUT2D eigenvalue weighted by Crippen LogP contribution is 2.17. The highest BCUT2D eigenvalue weighted by Gasteiger charge is 2.19. The molecule has 4 nitrogen and oxygen atoms in total. The minimum absolute atomic E-state index is 0.00465. The van der Waals surface area contributed by atoms with Gasteiger partial charge < -0.3 is 9.64 Å². The van der Waals surface area contributed by atoms with E-state index < -0.39 is 6.10 Å². The second-order valence-electron chi connectivity index (χ2n) is 3.61. The first-order valence-corrected chi connectivity index (χ1v) is 6.43. The Balaban J connectivity index is 2.65. The summed E-state index contributed by atoms with van der Waals surface area (Å²) in [7, 11) is 0. The molecule has 1 aromatic rings. The number of ether oxygens (including phenoxy) is 1. The Morgan fingerprint density at radius 3 is 2.65 bits per heavy atom. The van der Waals surface area contributed by atoms with E-state index in [2.05, 4.69) is 20.9 Å². The second-order valence-corrected chi connectivity index (χ2v) is 4.53. The number of halogens is 1. The molecule has 0 aromatic carbocycles. The van der Waals surface area contributed by atoms with Gasteiger partial charge in [-0.1, -0.05) is 0 Å². The highest BCUT2D eigenvalue weighted by molar-refractivity contribution is 9.10. The Kier molecular flexibility index (Phi) is 5.41. The fraction of sp³-hybridized carbons (Fsp3) is 0.500. The van der Waals surface area contributed by atoms with Crippen molar-refractivity contribution in [2.24, 2.45) is 0 Å². The quantitative estimate of drug-likeness (QED) is 0.839. The smallest absolute Gasteiger partial charge is 0.263 e. The summed E-state index contributed by atoms with van der Waals surface area (Å²) in [6.07, 6.45) is 2.77. The Bertz CT molecular complexity index is 381. The van der Waals surface area contributed by atoms with Gasteiger partial charge in [0.1, 0.15) is 5.75 Å². The van der Waals surface area contributed by atoms with Crippen molar-refractivity contribution in [3.05, 3.63) is 22.9 Å². The molecule has 0 aliphatic rings. The molecule has 0 saturated heterocycles. The first kappa shape index (κ1) is 14.0. The van der Waals surface area contributed by atoms with E-state index in [0.717, 1.165) is 4.47 Å². The zero-order valence-electron chi connectivity index (χ0n) is 10.3. The van der Waals surface area contributed by atoms with Crippen LogP contribution in [0, 0.1) is 0 Å². The predicted octanol–water partition coefficient (Wildman–Crippen LogP) is 2.48. The Hall–Kier alpha value is -1.10. The number of hydrogen-bond donors (Lipinski definition) is 0. The van der Waals surface area contributed by atoms with Crippen molar-refractivity contribution >= 4 is 21.8 Å². The van der Waals surface area contributed by atoms with Crippen LogP contribution in [0.2, 0.25) is 0 Å². The number of rotatable bonds is 5. The van der Waals surface area contributed by atoms with Crippen LogP contribution < -0.4 is 4.74 Å². The molecule has 1 amide bonds. The minimum atomic E-state index is -0.494. The van der Waals surface area contributed by atoms with Crippen LogP contribution in [-0.2, 0) is 4.79 Å². The van der Waals surface area contributed by atoms with E-state index in [-0.39, 0.29) is 5.91 Å². The van der Waals surface area contributed by atoms with Crippen molar-refractivity contribution in [3.63, 3.8) is 0 Å². The number of likely N-dealkylation sites (N-methyl/N-ethyl adjacent to an activating group) is 1. The van der Waals surface area contributed by atoms with E-state index >= 15 is 0 Å². The molecule has 94 valence electrons. The van der Waals surface area contributed by atoms with Crippen LogP contribution in [0.3, 0.4) is 0 Å². The first-order valence-electron chi connectivity index (χ1n) is 5.64. The summed E-state index contributed by atoms with van der Waals surface area (Å²) in [5.74, 6) is 0.586. The van der Waals surface area contributed by atoms with Gasteiger partial charge in [0.25, 0.3) is 5.91 Å². The van der Waals surface area contributed by atoms with Gasteiger partial charge in [-0.25, -0.2) is 0 Å². The molecule has 0 fully saturated rings. The number of carbonyl (C=O) groups excluding carboxylic acids is 1. The molecular weight excluding hydrogens is 284 g/mol. The van der Waals surface area contributed by atoms with E-state index in [1.807, 2.05) is 13.8 Å². The largest absolute Gasteiger partial charge is 0.479 e. The Morgan fingerprint density at radius 2 is 2.12 bits per heavy atom. The maximum absolute atomic E-state index is 12.0. The predicted molar refractivity (Wildman–Crippen MR) is 70.0 cm³/mol. The summed E-state index contributed by atoms with van der Waals surface area (Å²) in [6, 6.07) is 1.79. The molecule has 5 heteroatoms. The maximum Gasteiger partial charge on any atom is 0.263 e. The van der Waals surface area contributed by atoms with Crippen LogP contribution in [0.15, 0.2) is 22.9 Å². The lowest BCUT2D eigenvalue weighted by Gasteiger charge is -2.23. The van der Waals surface area contributed by atoms with Gasteiger partial charge in [0.05, 0.1) is 6.20 Å². The maximum atomic E-state index is 12.0. The van der Waals surface area contributed by atoms with Crippen LogP contribution in [0.1, 0.15) is 20.8 Å². The number of pyridine rings is 1. The van der Waals surface area contributed by atoms with Crippen molar-refractivity contribution in [3.8, 4) is 5.75 Å². The van der Waals surface area contributed by atoms with Gasteiger partial charge in [-0.05, 0) is 42.8 Å². The van der Waals surface area contributed by atoms with E-state index in [9.17, 15) is 4.79 Å². The van der Waals surface area contributed by atoms with E-state index in [4.69, 9.17) is 4.74 Å². The van der Waals surface area contributed by atoms with Gasteiger partial charge in [0.15, 0.2) is 6.10 Å². The van der Waals surface area contributed by atoms with E-state index in [1.54, 1.807) is 30.3 Å². The number of nitrogens with zero attached hydrogens (tertiary/aromatic N) is 2. The molecular formula is C12H17BrN2O2. The Morgan fingerprint density at radius 1 is 1.47 bits per heavy atom. The lowest BCUT2D eigenvalue weighted by atomic mass is 10.3. The standard InChI is InChI=1S/C12H17BrN2O2/c1-4-15(5-2)12(16)9(3)17-11-6-10(13)7-14-8-11/h6-9H,4-5H2,1-3H3. The van der Waals surface area contributed by atoms with Crippen LogP contribution in [0.4, 0.5) is 0 Å². The van der Waals surface area contributed by atoms with Gasteiger partial charge in [-0.2, -0.15) is 0 Å². The summed E-state index contributed by atoms with van der Waals surface area (Å²) in [6.45, 7) is 7.05. The monoisotopic (exact) mass is 300 g/mol. The van der Waals surface area contributed by atoms with Gasteiger partial charge in [-0.15, -0.1) is 0 Å². The third-order valence-electron chi connectivity index (χ3n) is 2.42. The van der Waals surface area contributed by atoms with Gasteiger partial charge in [-0.3, -0.25) is 9.78 Å². The minimum Gasteiger partial charge on any atom is -0.479 e. The molecule has 0 radical (unpaired) electrons. The molecule has 1 rings (SSSR count). The molecule has 1 unspecified atom stereocenters. The normalized spacial score (nSPS) is 12.0. The summed E-state index contributed by atoms with van der Waals surface area (Å²) in [5, 5.41) is 0. The number of carbonyl (C=O) groups is 1.